The van der Waals surface area contributed by atoms with Crippen LogP contribution in [0.3, 0.4) is 0 Å². The highest BCUT2D eigenvalue weighted by Gasteiger charge is 2.30. The van der Waals surface area contributed by atoms with Gasteiger partial charge in [-0.2, -0.15) is 0 Å². The largest absolute Gasteiger partial charge is 0.497 e. The molecule has 1 N–H and O–H groups in total. The minimum atomic E-state index is -0.448. The Kier molecular flexibility index (Phi) is 29.5. The second-order valence-corrected chi connectivity index (χ2v) is 17.2. The zero-order chi connectivity index (χ0) is 41.4. The van der Waals surface area contributed by atoms with Crippen LogP contribution in [0.1, 0.15) is 194 Å². The summed E-state index contributed by atoms with van der Waals surface area (Å²) < 4.78 is 10.9. The first-order chi connectivity index (χ1) is 27.8. The molecular formula is C49H87N3O5. The number of rotatable bonds is 35. The molecule has 0 aliphatic carbocycles. The number of nitrogens with one attached hydrogen (secondary N) is 1. The number of hydrogen-bond acceptors (Lipinski definition) is 6. The first-order valence-corrected chi connectivity index (χ1v) is 23.9. The highest BCUT2D eigenvalue weighted by Crippen LogP contribution is 2.20. The van der Waals surface area contributed by atoms with Crippen molar-refractivity contribution >= 4 is 17.8 Å². The Balaban J connectivity index is 1.95. The topological polar surface area (TPSA) is 88.2 Å². The van der Waals surface area contributed by atoms with Crippen molar-refractivity contribution < 1.29 is 23.9 Å². The Hall–Kier alpha value is -2.61. The fourth-order valence-electron chi connectivity index (χ4n) is 8.06. The van der Waals surface area contributed by atoms with E-state index >= 15 is 0 Å². The molecule has 0 saturated carbocycles. The van der Waals surface area contributed by atoms with Crippen molar-refractivity contribution in [2.24, 2.45) is 11.8 Å². The molecule has 8 heteroatoms. The molecule has 0 aromatic heterocycles. The summed E-state index contributed by atoms with van der Waals surface area (Å²) in [6.07, 6.45) is 27.7. The van der Waals surface area contributed by atoms with Gasteiger partial charge in [0.25, 0.3) is 0 Å². The van der Waals surface area contributed by atoms with Crippen molar-refractivity contribution in [3.8, 4) is 5.75 Å². The molecule has 57 heavy (non-hydrogen) atoms. The van der Waals surface area contributed by atoms with Gasteiger partial charge in [0, 0.05) is 32.5 Å². The van der Waals surface area contributed by atoms with Gasteiger partial charge in [-0.25, -0.2) is 0 Å². The van der Waals surface area contributed by atoms with Gasteiger partial charge in [-0.15, -0.1) is 0 Å². The maximum atomic E-state index is 14.1. The highest BCUT2D eigenvalue weighted by atomic mass is 16.5. The van der Waals surface area contributed by atoms with Crippen LogP contribution in [0.25, 0.3) is 0 Å². The lowest BCUT2D eigenvalue weighted by Gasteiger charge is -2.35. The number of nitrogens with zero attached hydrogens (tertiary/aromatic N) is 2. The smallest absolute Gasteiger partial charge is 0.305 e. The Labute approximate surface area is 350 Å². The molecule has 2 rings (SSSR count). The summed E-state index contributed by atoms with van der Waals surface area (Å²) in [7, 11) is 1.67. The zero-order valence-electron chi connectivity index (χ0n) is 37.6. The van der Waals surface area contributed by atoms with E-state index in [1.807, 2.05) is 29.2 Å². The molecule has 0 radical (unpaired) electrons. The fraction of sp³-hybridized carbons (Fsp3) is 0.816. The molecule has 1 heterocycles. The van der Waals surface area contributed by atoms with Crippen LogP contribution in [-0.4, -0.2) is 80.1 Å². The summed E-state index contributed by atoms with van der Waals surface area (Å²) in [5, 5.41) is 3.24. The number of unbranched alkanes of at least 4 members (excludes halogenated alkanes) is 15. The second-order valence-electron chi connectivity index (χ2n) is 17.2. The van der Waals surface area contributed by atoms with Gasteiger partial charge in [0.2, 0.25) is 11.8 Å². The Morgan fingerprint density at radius 2 is 1.33 bits per heavy atom. The van der Waals surface area contributed by atoms with E-state index in [2.05, 4.69) is 37.9 Å². The number of amides is 2. The summed E-state index contributed by atoms with van der Waals surface area (Å²) in [5.74, 6) is 2.06. The number of piperidine rings is 1. The summed E-state index contributed by atoms with van der Waals surface area (Å²) in [6, 6.07) is 7.56. The van der Waals surface area contributed by atoms with Gasteiger partial charge in [-0.3, -0.25) is 14.4 Å². The van der Waals surface area contributed by atoms with E-state index in [1.165, 1.54) is 83.5 Å². The number of carbonyl (C=O) groups is 3. The molecule has 328 valence electrons. The van der Waals surface area contributed by atoms with Crippen molar-refractivity contribution in [1.29, 1.82) is 0 Å². The molecule has 1 fully saturated rings. The van der Waals surface area contributed by atoms with Crippen LogP contribution in [0.2, 0.25) is 0 Å². The predicted molar refractivity (Wildman–Crippen MR) is 238 cm³/mol. The van der Waals surface area contributed by atoms with Crippen LogP contribution >= 0.6 is 0 Å². The fourth-order valence-corrected chi connectivity index (χ4v) is 8.06. The Morgan fingerprint density at radius 1 is 0.754 bits per heavy atom. The second kappa shape index (κ2) is 33.2. The molecule has 1 saturated heterocycles. The van der Waals surface area contributed by atoms with E-state index in [-0.39, 0.29) is 17.8 Å². The lowest BCUT2D eigenvalue weighted by Crippen LogP contribution is -2.52. The molecule has 1 aromatic carbocycles. The maximum Gasteiger partial charge on any atom is 0.305 e. The number of carbonyl (C=O) groups excluding carboxylic acids is 3. The van der Waals surface area contributed by atoms with Gasteiger partial charge in [-0.05, 0) is 87.6 Å². The van der Waals surface area contributed by atoms with Gasteiger partial charge in [-0.1, -0.05) is 149 Å². The summed E-state index contributed by atoms with van der Waals surface area (Å²) >= 11 is 0. The zero-order valence-corrected chi connectivity index (χ0v) is 37.6. The van der Waals surface area contributed by atoms with Crippen molar-refractivity contribution in [1.82, 2.24) is 15.1 Å². The lowest BCUT2D eigenvalue weighted by molar-refractivity contribution is -0.145. The summed E-state index contributed by atoms with van der Waals surface area (Å²) in [6.45, 7) is 13.6. The number of ether oxygens (including phenoxy) is 2. The average Bonchev–Trinajstić information content (AvgIpc) is 3.22. The van der Waals surface area contributed by atoms with E-state index in [1.54, 1.807) is 7.11 Å². The molecule has 0 bridgehead atoms. The number of methoxy groups -OCH3 is 1. The van der Waals surface area contributed by atoms with Crippen LogP contribution in [-0.2, 0) is 25.5 Å². The monoisotopic (exact) mass is 798 g/mol. The molecule has 1 aromatic rings. The van der Waals surface area contributed by atoms with E-state index in [9.17, 15) is 14.4 Å². The Morgan fingerprint density at radius 3 is 1.93 bits per heavy atom. The third-order valence-electron chi connectivity index (χ3n) is 12.3. The first kappa shape index (κ1) is 50.5. The highest BCUT2D eigenvalue weighted by molar-refractivity contribution is 5.87. The van der Waals surface area contributed by atoms with Crippen LogP contribution in [0.15, 0.2) is 24.3 Å². The third-order valence-corrected chi connectivity index (χ3v) is 12.3. The van der Waals surface area contributed by atoms with Crippen molar-refractivity contribution in [2.45, 2.75) is 201 Å². The molecule has 2 unspecified atom stereocenters. The molecule has 2 amide bonds. The van der Waals surface area contributed by atoms with Crippen LogP contribution in [0, 0.1) is 11.8 Å². The average molecular weight is 798 g/mol. The van der Waals surface area contributed by atoms with Gasteiger partial charge in [0.15, 0.2) is 0 Å². The van der Waals surface area contributed by atoms with Gasteiger partial charge in [0.1, 0.15) is 11.8 Å². The number of esters is 1. The maximum absolute atomic E-state index is 14.1. The molecule has 1 aliphatic heterocycles. The molecule has 1 aliphatic rings. The summed E-state index contributed by atoms with van der Waals surface area (Å²) in [5.41, 5.74) is 1.15. The minimum absolute atomic E-state index is 0.0151. The molecule has 8 nitrogen and oxygen atoms in total. The number of likely N-dealkylation sites (tertiary alicyclic amines) is 1. The number of hydrogen-bond donors (Lipinski definition) is 1. The molecule has 0 spiro atoms. The normalized spacial score (nSPS) is 14.6. The van der Waals surface area contributed by atoms with E-state index in [0.717, 1.165) is 101 Å². The van der Waals surface area contributed by atoms with Crippen molar-refractivity contribution in [2.75, 3.05) is 46.4 Å². The first-order valence-electron chi connectivity index (χ1n) is 23.9. The molecular weight excluding hydrogens is 711 g/mol. The quantitative estimate of drug-likeness (QED) is 0.0543. The van der Waals surface area contributed by atoms with Crippen LogP contribution in [0.5, 0.6) is 5.75 Å². The van der Waals surface area contributed by atoms with E-state index in [0.29, 0.717) is 44.9 Å². The predicted octanol–water partition coefficient (Wildman–Crippen LogP) is 11.5. The molecule has 2 atom stereocenters. The van der Waals surface area contributed by atoms with Crippen LogP contribution < -0.4 is 10.1 Å². The standard InChI is InChI=1S/C49H87N3O5/c1-6-9-11-12-13-14-15-16-17-19-22-26-46(49(55)50-36-33-44-29-31-45(56-5)32-30-44)52(40-39-51-37-34-42(4)35-38-51)47(53)27-23-20-18-21-24-28-48(54)57-41-43(8-3)25-10-7-2/h29-32,42-43,46H,6-28,33-41H2,1-5H3,(H,50,55). The number of benzene rings is 1. The Bertz CT molecular complexity index is 1150. The van der Waals surface area contributed by atoms with Gasteiger partial charge < -0.3 is 24.6 Å². The van der Waals surface area contributed by atoms with Crippen molar-refractivity contribution in [3.63, 3.8) is 0 Å². The van der Waals surface area contributed by atoms with Crippen LogP contribution in [0.4, 0.5) is 0 Å². The summed E-state index contributed by atoms with van der Waals surface area (Å²) in [4.78, 5) is 45.0. The van der Waals surface area contributed by atoms with E-state index in [4.69, 9.17) is 9.47 Å². The third kappa shape index (κ3) is 24.2. The lowest BCUT2D eigenvalue weighted by atomic mass is 9.99. The van der Waals surface area contributed by atoms with Gasteiger partial charge in [0.05, 0.1) is 13.7 Å². The van der Waals surface area contributed by atoms with Crippen molar-refractivity contribution in [3.05, 3.63) is 29.8 Å². The SMILES string of the molecule is CCCCCCCCCCCCCC(C(=O)NCCc1ccc(OC)cc1)N(CCN1CCC(C)CC1)C(=O)CCCCCCCC(=O)OCC(CC)CCCC. The minimum Gasteiger partial charge on any atom is -0.497 e. The van der Waals surface area contributed by atoms with Gasteiger partial charge >= 0.3 is 5.97 Å². The van der Waals surface area contributed by atoms with E-state index < -0.39 is 6.04 Å².